The Kier molecular flexibility index (Phi) is 6.54. The van der Waals surface area contributed by atoms with E-state index in [1.54, 1.807) is 0 Å². The number of carbonyl (C=O) groups is 1. The molecule has 0 saturated heterocycles. The van der Waals surface area contributed by atoms with Crippen molar-refractivity contribution in [2.75, 3.05) is 0 Å². The molecule has 0 spiro atoms. The topological polar surface area (TPSA) is 55.1 Å². The maximum Gasteiger partial charge on any atom is 0.223 e. The van der Waals surface area contributed by atoms with E-state index in [0.29, 0.717) is 17.9 Å². The molecule has 3 unspecified atom stereocenters. The molecular formula is C17H33ClN2O. The smallest absolute Gasteiger partial charge is 0.223 e. The van der Waals surface area contributed by atoms with E-state index in [4.69, 9.17) is 5.73 Å². The first-order chi connectivity index (χ1) is 9.32. The molecule has 0 aliphatic heterocycles. The lowest BCUT2D eigenvalue weighted by Gasteiger charge is -2.44. The summed E-state index contributed by atoms with van der Waals surface area (Å²) in [5.41, 5.74) is 6.44. The third-order valence-electron chi connectivity index (χ3n) is 5.55. The molecule has 3 N–H and O–H groups in total. The molecule has 1 amide bonds. The van der Waals surface area contributed by atoms with Crippen LogP contribution in [0.25, 0.3) is 0 Å². The predicted octanol–water partition coefficient (Wildman–Crippen LogP) is 3.50. The molecular weight excluding hydrogens is 284 g/mol. The van der Waals surface area contributed by atoms with Gasteiger partial charge in [0.05, 0.1) is 0 Å². The summed E-state index contributed by atoms with van der Waals surface area (Å²) in [7, 11) is 0. The van der Waals surface area contributed by atoms with Gasteiger partial charge in [-0.25, -0.2) is 0 Å². The predicted molar refractivity (Wildman–Crippen MR) is 90.5 cm³/mol. The Morgan fingerprint density at radius 1 is 1.24 bits per heavy atom. The molecule has 2 aliphatic carbocycles. The van der Waals surface area contributed by atoms with Crippen LogP contribution in [0.1, 0.15) is 66.2 Å². The molecule has 124 valence electrons. The van der Waals surface area contributed by atoms with Gasteiger partial charge >= 0.3 is 0 Å². The molecule has 3 atom stereocenters. The quantitative estimate of drug-likeness (QED) is 0.837. The summed E-state index contributed by atoms with van der Waals surface area (Å²) in [5.74, 6) is 1.62. The van der Waals surface area contributed by atoms with Gasteiger partial charge < -0.3 is 11.1 Å². The molecule has 0 aromatic rings. The monoisotopic (exact) mass is 316 g/mol. The zero-order valence-electron chi connectivity index (χ0n) is 14.0. The van der Waals surface area contributed by atoms with Gasteiger partial charge in [-0.3, -0.25) is 4.79 Å². The number of fused-ring (bicyclic) bond motifs is 2. The van der Waals surface area contributed by atoms with Gasteiger partial charge in [0.2, 0.25) is 5.91 Å². The fourth-order valence-electron chi connectivity index (χ4n) is 4.22. The highest BCUT2D eigenvalue weighted by molar-refractivity contribution is 5.85. The lowest BCUT2D eigenvalue weighted by atomic mass is 9.65. The van der Waals surface area contributed by atoms with E-state index in [1.165, 1.54) is 19.3 Å². The second-order valence-electron chi connectivity index (χ2n) is 8.03. The van der Waals surface area contributed by atoms with Crippen LogP contribution in [0.5, 0.6) is 0 Å². The third kappa shape index (κ3) is 4.35. The average Bonchev–Trinajstić information content (AvgIpc) is 2.33. The van der Waals surface area contributed by atoms with E-state index in [0.717, 1.165) is 19.3 Å². The summed E-state index contributed by atoms with van der Waals surface area (Å²) in [6.45, 7) is 8.76. The van der Waals surface area contributed by atoms with Crippen molar-refractivity contribution in [1.82, 2.24) is 5.32 Å². The number of carbonyl (C=O) groups excluding carboxylic acids is 1. The van der Waals surface area contributed by atoms with Crippen molar-refractivity contribution in [1.29, 1.82) is 0 Å². The molecule has 2 rings (SSSR count). The maximum atomic E-state index is 12.6. The number of rotatable bonds is 3. The highest BCUT2D eigenvalue weighted by Crippen LogP contribution is 2.42. The first-order valence-corrected chi connectivity index (χ1v) is 8.38. The molecule has 0 heterocycles. The van der Waals surface area contributed by atoms with Gasteiger partial charge in [-0.2, -0.15) is 0 Å². The molecule has 2 fully saturated rings. The van der Waals surface area contributed by atoms with Gasteiger partial charge in [-0.1, -0.05) is 34.1 Å². The van der Waals surface area contributed by atoms with Crippen molar-refractivity contribution in [3.05, 3.63) is 0 Å². The molecule has 2 saturated carbocycles. The molecule has 0 aromatic carbocycles. The van der Waals surface area contributed by atoms with E-state index < -0.39 is 0 Å². The van der Waals surface area contributed by atoms with Crippen LogP contribution in [0.4, 0.5) is 0 Å². The maximum absolute atomic E-state index is 12.6. The minimum absolute atomic E-state index is 0. The van der Waals surface area contributed by atoms with Crippen molar-refractivity contribution >= 4 is 18.3 Å². The standard InChI is InChI=1S/C17H32N2O.ClH/c1-5-14(17(2,3)4)19-16(20)13-9-11-7-6-8-12(10-13)15(11)18;/h11-15H,5-10,18H2,1-4H3,(H,19,20);1H. The SMILES string of the molecule is CCC(NC(=O)C1CC2CCCC(C1)C2N)C(C)(C)C.Cl. The zero-order valence-corrected chi connectivity index (χ0v) is 14.8. The van der Waals surface area contributed by atoms with E-state index >= 15 is 0 Å². The Morgan fingerprint density at radius 2 is 1.76 bits per heavy atom. The molecule has 4 heteroatoms. The molecule has 2 bridgehead atoms. The minimum Gasteiger partial charge on any atom is -0.353 e. The van der Waals surface area contributed by atoms with E-state index in [9.17, 15) is 4.79 Å². The molecule has 21 heavy (non-hydrogen) atoms. The number of hydrogen-bond donors (Lipinski definition) is 2. The summed E-state index contributed by atoms with van der Waals surface area (Å²) < 4.78 is 0. The Hall–Kier alpha value is -0.280. The van der Waals surface area contributed by atoms with E-state index in [1.807, 2.05) is 0 Å². The van der Waals surface area contributed by atoms with Crippen molar-refractivity contribution in [3.63, 3.8) is 0 Å². The van der Waals surface area contributed by atoms with Crippen molar-refractivity contribution in [3.8, 4) is 0 Å². The molecule has 0 aromatic heterocycles. The summed E-state index contributed by atoms with van der Waals surface area (Å²) >= 11 is 0. The van der Waals surface area contributed by atoms with Crippen LogP contribution in [-0.4, -0.2) is 18.0 Å². The van der Waals surface area contributed by atoms with Crippen LogP contribution in [0, 0.1) is 23.2 Å². The number of hydrogen-bond acceptors (Lipinski definition) is 2. The molecule has 0 radical (unpaired) electrons. The van der Waals surface area contributed by atoms with Crippen molar-refractivity contribution in [2.24, 2.45) is 28.9 Å². The van der Waals surface area contributed by atoms with Gasteiger partial charge in [-0.05, 0) is 49.4 Å². The largest absolute Gasteiger partial charge is 0.353 e. The van der Waals surface area contributed by atoms with Crippen molar-refractivity contribution < 1.29 is 4.79 Å². The van der Waals surface area contributed by atoms with Gasteiger partial charge in [0.1, 0.15) is 0 Å². The van der Waals surface area contributed by atoms with Gasteiger partial charge in [-0.15, -0.1) is 12.4 Å². The summed E-state index contributed by atoms with van der Waals surface area (Å²) in [6, 6.07) is 0.614. The van der Waals surface area contributed by atoms with Crippen LogP contribution in [0.15, 0.2) is 0 Å². The number of halogens is 1. The van der Waals surface area contributed by atoms with Gasteiger partial charge in [0.25, 0.3) is 0 Å². The highest BCUT2D eigenvalue weighted by atomic mass is 35.5. The number of nitrogens with two attached hydrogens (primary N) is 1. The molecule has 3 nitrogen and oxygen atoms in total. The molecule has 2 aliphatic rings. The van der Waals surface area contributed by atoms with Crippen molar-refractivity contribution in [2.45, 2.75) is 78.3 Å². The second-order valence-corrected chi connectivity index (χ2v) is 8.03. The Bertz CT molecular complexity index is 339. The third-order valence-corrected chi connectivity index (χ3v) is 5.55. The Morgan fingerprint density at radius 3 is 2.19 bits per heavy atom. The number of amides is 1. The fraction of sp³-hybridized carbons (Fsp3) is 0.941. The van der Waals surface area contributed by atoms with E-state index in [2.05, 4.69) is 33.0 Å². The normalized spacial score (nSPS) is 33.8. The lowest BCUT2D eigenvalue weighted by molar-refractivity contribution is -0.129. The lowest BCUT2D eigenvalue weighted by Crippen LogP contribution is -2.51. The van der Waals surface area contributed by atoms with Crippen LogP contribution in [0.3, 0.4) is 0 Å². The van der Waals surface area contributed by atoms with Crippen LogP contribution in [0.2, 0.25) is 0 Å². The summed E-state index contributed by atoms with van der Waals surface area (Å²) in [4.78, 5) is 12.6. The van der Waals surface area contributed by atoms with Crippen LogP contribution >= 0.6 is 12.4 Å². The zero-order chi connectivity index (χ0) is 14.9. The summed E-state index contributed by atoms with van der Waals surface area (Å²) in [6.07, 6.45) is 6.75. The first-order valence-electron chi connectivity index (χ1n) is 8.38. The van der Waals surface area contributed by atoms with Gasteiger partial charge in [0.15, 0.2) is 0 Å². The Balaban J connectivity index is 0.00000220. The fourth-order valence-corrected chi connectivity index (χ4v) is 4.22. The van der Waals surface area contributed by atoms with Crippen LogP contribution in [-0.2, 0) is 4.79 Å². The van der Waals surface area contributed by atoms with E-state index in [-0.39, 0.29) is 35.7 Å². The second kappa shape index (κ2) is 7.32. The number of nitrogens with one attached hydrogen (secondary N) is 1. The average molecular weight is 317 g/mol. The minimum atomic E-state index is 0. The van der Waals surface area contributed by atoms with Gasteiger partial charge in [0, 0.05) is 18.0 Å². The Labute approximate surface area is 136 Å². The van der Waals surface area contributed by atoms with Crippen LogP contribution < -0.4 is 11.1 Å². The summed E-state index contributed by atoms with van der Waals surface area (Å²) in [5, 5.41) is 3.30. The first kappa shape index (κ1) is 18.8. The highest BCUT2D eigenvalue weighted by Gasteiger charge is 2.41.